The molecular weight excluding hydrogens is 238 g/mol. The summed E-state index contributed by atoms with van der Waals surface area (Å²) in [6, 6.07) is 0. The molecule has 0 spiro atoms. The van der Waals surface area contributed by atoms with Gasteiger partial charge in [0.1, 0.15) is 0 Å². The first-order valence-electron chi connectivity index (χ1n) is 8.07. The van der Waals surface area contributed by atoms with E-state index in [1.165, 1.54) is 44.9 Å². The van der Waals surface area contributed by atoms with Crippen molar-refractivity contribution >= 4 is 5.97 Å². The van der Waals surface area contributed by atoms with E-state index in [-0.39, 0.29) is 6.54 Å². The van der Waals surface area contributed by atoms with Crippen LogP contribution in [0.5, 0.6) is 0 Å². The summed E-state index contributed by atoms with van der Waals surface area (Å²) in [5, 5.41) is 8.95. The Morgan fingerprint density at radius 2 is 1.68 bits per heavy atom. The highest BCUT2D eigenvalue weighted by atomic mass is 16.4. The van der Waals surface area contributed by atoms with Crippen LogP contribution >= 0.6 is 0 Å². The lowest BCUT2D eigenvalue weighted by atomic mass is 9.46. The highest BCUT2D eigenvalue weighted by Gasteiger charge is 2.54. The number of hydrogen-bond acceptors (Lipinski definition) is 2. The number of carboxylic acids is 1. The Kier molecular flexibility index (Phi) is 2.70. The lowest BCUT2D eigenvalue weighted by Crippen LogP contribution is -2.50. The van der Waals surface area contributed by atoms with Crippen molar-refractivity contribution in [3.05, 3.63) is 0 Å². The summed E-state index contributed by atoms with van der Waals surface area (Å²) >= 11 is 0. The zero-order chi connectivity index (χ0) is 13.0. The number of aliphatic carboxylic acids is 1. The van der Waals surface area contributed by atoms with Crippen molar-refractivity contribution in [3.8, 4) is 0 Å². The first-order valence-corrected chi connectivity index (χ1v) is 8.07. The van der Waals surface area contributed by atoms with Crippen LogP contribution < -0.4 is 0 Å². The van der Waals surface area contributed by atoms with E-state index >= 15 is 0 Å². The van der Waals surface area contributed by atoms with Gasteiger partial charge >= 0.3 is 5.97 Å². The van der Waals surface area contributed by atoms with Crippen LogP contribution in [0.3, 0.4) is 0 Å². The van der Waals surface area contributed by atoms with Crippen molar-refractivity contribution in [2.75, 3.05) is 19.6 Å². The number of likely N-dealkylation sites (tertiary alicyclic amines) is 1. The van der Waals surface area contributed by atoms with Gasteiger partial charge < -0.3 is 5.11 Å². The second kappa shape index (κ2) is 4.21. The minimum atomic E-state index is -0.661. The summed E-state index contributed by atoms with van der Waals surface area (Å²) < 4.78 is 0. The molecule has 4 bridgehead atoms. The van der Waals surface area contributed by atoms with E-state index in [2.05, 4.69) is 4.90 Å². The standard InChI is InChI=1S/C16H25NO2/c18-15(19)10-17-2-1-14(9-17)16-6-11-3-12(7-16)5-13(4-11)8-16/h11-14H,1-10H2,(H,18,19). The van der Waals surface area contributed by atoms with Gasteiger partial charge in [-0.15, -0.1) is 0 Å². The topological polar surface area (TPSA) is 40.5 Å². The quantitative estimate of drug-likeness (QED) is 0.851. The van der Waals surface area contributed by atoms with Crippen LogP contribution in [0.25, 0.3) is 0 Å². The van der Waals surface area contributed by atoms with Crippen LogP contribution in [0.4, 0.5) is 0 Å². The number of carboxylic acid groups (broad SMARTS) is 1. The van der Waals surface area contributed by atoms with Crippen molar-refractivity contribution in [1.82, 2.24) is 4.90 Å². The average Bonchev–Trinajstić information content (AvgIpc) is 2.75. The van der Waals surface area contributed by atoms with E-state index in [9.17, 15) is 4.79 Å². The molecule has 1 saturated heterocycles. The molecule has 5 aliphatic rings. The molecule has 1 N–H and O–H groups in total. The van der Waals surface area contributed by atoms with E-state index < -0.39 is 5.97 Å². The van der Waals surface area contributed by atoms with Crippen LogP contribution in [-0.4, -0.2) is 35.6 Å². The summed E-state index contributed by atoms with van der Waals surface area (Å²) in [7, 11) is 0. The molecule has 0 aromatic rings. The van der Waals surface area contributed by atoms with Gasteiger partial charge in [-0.25, -0.2) is 0 Å². The second-order valence-corrected chi connectivity index (χ2v) is 7.89. The van der Waals surface area contributed by atoms with Crippen LogP contribution in [0.2, 0.25) is 0 Å². The zero-order valence-corrected chi connectivity index (χ0v) is 11.7. The third-order valence-electron chi connectivity index (χ3n) is 6.58. The summed E-state index contributed by atoms with van der Waals surface area (Å²) in [6.07, 6.45) is 10.2. The molecule has 5 rings (SSSR count). The van der Waals surface area contributed by atoms with Crippen LogP contribution in [0.1, 0.15) is 44.9 Å². The molecule has 19 heavy (non-hydrogen) atoms. The Labute approximate surface area is 115 Å². The van der Waals surface area contributed by atoms with Gasteiger partial charge in [0.25, 0.3) is 0 Å². The molecule has 5 fully saturated rings. The zero-order valence-electron chi connectivity index (χ0n) is 11.7. The fourth-order valence-corrected chi connectivity index (χ4v) is 6.35. The molecule has 0 amide bonds. The molecule has 3 heteroatoms. The van der Waals surface area contributed by atoms with E-state index in [1.807, 2.05) is 0 Å². The maximum Gasteiger partial charge on any atom is 0.317 e. The minimum Gasteiger partial charge on any atom is -0.480 e. The molecule has 0 radical (unpaired) electrons. The van der Waals surface area contributed by atoms with E-state index in [0.29, 0.717) is 5.41 Å². The molecular formula is C16H25NO2. The molecule has 106 valence electrons. The van der Waals surface area contributed by atoms with Crippen LogP contribution in [-0.2, 0) is 4.79 Å². The van der Waals surface area contributed by atoms with Gasteiger partial charge in [-0.05, 0) is 80.6 Å². The van der Waals surface area contributed by atoms with Gasteiger partial charge in [-0.2, -0.15) is 0 Å². The molecule has 1 unspecified atom stereocenters. The molecule has 4 saturated carbocycles. The van der Waals surface area contributed by atoms with E-state index in [4.69, 9.17) is 5.11 Å². The number of carbonyl (C=O) groups is 1. The normalized spacial score (nSPS) is 48.8. The molecule has 4 aliphatic carbocycles. The first-order chi connectivity index (χ1) is 9.13. The summed E-state index contributed by atoms with van der Waals surface area (Å²) in [6.45, 7) is 2.32. The van der Waals surface area contributed by atoms with E-state index in [1.54, 1.807) is 0 Å². The number of rotatable bonds is 3. The monoisotopic (exact) mass is 263 g/mol. The van der Waals surface area contributed by atoms with Gasteiger partial charge in [-0.1, -0.05) is 0 Å². The van der Waals surface area contributed by atoms with Crippen molar-refractivity contribution < 1.29 is 9.90 Å². The Morgan fingerprint density at radius 3 is 2.21 bits per heavy atom. The Morgan fingerprint density at radius 1 is 1.11 bits per heavy atom. The average molecular weight is 263 g/mol. The van der Waals surface area contributed by atoms with Gasteiger partial charge in [-0.3, -0.25) is 9.69 Å². The molecule has 0 aromatic carbocycles. The van der Waals surface area contributed by atoms with Crippen molar-refractivity contribution in [1.29, 1.82) is 0 Å². The van der Waals surface area contributed by atoms with Crippen LogP contribution in [0, 0.1) is 29.1 Å². The fraction of sp³-hybridized carbons (Fsp3) is 0.938. The lowest BCUT2D eigenvalue weighted by molar-refractivity contribution is -0.138. The van der Waals surface area contributed by atoms with Gasteiger partial charge in [0, 0.05) is 6.54 Å². The summed E-state index contributed by atoms with van der Waals surface area (Å²) in [4.78, 5) is 13.0. The van der Waals surface area contributed by atoms with Crippen LogP contribution in [0.15, 0.2) is 0 Å². The Bertz CT molecular complexity index is 357. The lowest BCUT2D eigenvalue weighted by Gasteiger charge is -2.59. The van der Waals surface area contributed by atoms with Gasteiger partial charge in [0.15, 0.2) is 0 Å². The first kappa shape index (κ1) is 12.2. The second-order valence-electron chi connectivity index (χ2n) is 7.89. The Hall–Kier alpha value is -0.570. The molecule has 0 aromatic heterocycles. The van der Waals surface area contributed by atoms with Crippen molar-refractivity contribution in [3.63, 3.8) is 0 Å². The predicted molar refractivity (Wildman–Crippen MR) is 72.8 cm³/mol. The third kappa shape index (κ3) is 2.01. The molecule has 1 heterocycles. The van der Waals surface area contributed by atoms with Gasteiger partial charge in [0.05, 0.1) is 6.54 Å². The summed E-state index contributed by atoms with van der Waals surface area (Å²) in [5.74, 6) is 3.17. The maximum atomic E-state index is 10.9. The predicted octanol–water partition coefficient (Wildman–Crippen LogP) is 2.61. The van der Waals surface area contributed by atoms with Crippen molar-refractivity contribution in [2.45, 2.75) is 44.9 Å². The smallest absolute Gasteiger partial charge is 0.317 e. The highest BCUT2D eigenvalue weighted by Crippen LogP contribution is 2.63. The van der Waals surface area contributed by atoms with Gasteiger partial charge in [0.2, 0.25) is 0 Å². The van der Waals surface area contributed by atoms with E-state index in [0.717, 1.165) is 36.8 Å². The minimum absolute atomic E-state index is 0.253. The fourth-order valence-electron chi connectivity index (χ4n) is 6.35. The Balaban J connectivity index is 1.49. The SMILES string of the molecule is O=C(O)CN1CCC(C23CC4CC(CC(C4)C2)C3)C1. The molecule has 3 nitrogen and oxygen atoms in total. The van der Waals surface area contributed by atoms with Crippen molar-refractivity contribution in [2.24, 2.45) is 29.1 Å². The number of nitrogens with zero attached hydrogens (tertiary/aromatic N) is 1. The number of hydrogen-bond donors (Lipinski definition) is 1. The molecule has 1 aliphatic heterocycles. The maximum absolute atomic E-state index is 10.9. The molecule has 1 atom stereocenters. The largest absolute Gasteiger partial charge is 0.480 e. The highest BCUT2D eigenvalue weighted by molar-refractivity contribution is 5.69. The summed E-state index contributed by atoms with van der Waals surface area (Å²) in [5.41, 5.74) is 0.613. The third-order valence-corrected chi connectivity index (χ3v) is 6.58.